The third-order valence-corrected chi connectivity index (χ3v) is 8.56. The molecule has 2 fully saturated rings. The lowest BCUT2D eigenvalue weighted by Gasteiger charge is -2.53. The van der Waals surface area contributed by atoms with Crippen molar-refractivity contribution >= 4 is 52.8 Å². The van der Waals surface area contributed by atoms with Crippen LogP contribution in [-0.4, -0.2) is 99.7 Å². The predicted octanol–water partition coefficient (Wildman–Crippen LogP) is 0.154. The van der Waals surface area contributed by atoms with Crippen LogP contribution in [0.1, 0.15) is 5.01 Å². The molecule has 0 aromatic carbocycles. The Labute approximate surface area is 181 Å². The minimum atomic E-state index is -1.06. The van der Waals surface area contributed by atoms with Gasteiger partial charge in [-0.1, -0.05) is 23.1 Å². The van der Waals surface area contributed by atoms with E-state index in [1.807, 2.05) is 25.9 Å². The number of carboxylic acid groups (broad SMARTS) is 1. The van der Waals surface area contributed by atoms with E-state index in [1.165, 1.54) is 34.9 Å². The van der Waals surface area contributed by atoms with Gasteiger partial charge in [0.1, 0.15) is 21.8 Å². The van der Waals surface area contributed by atoms with Crippen LogP contribution in [0.25, 0.3) is 0 Å². The second-order valence-corrected chi connectivity index (χ2v) is 10.8. The second-order valence-electron chi connectivity index (χ2n) is 7.31. The van der Waals surface area contributed by atoms with Gasteiger partial charge in [-0.25, -0.2) is 4.79 Å². The second kappa shape index (κ2) is 9.06. The van der Waals surface area contributed by atoms with E-state index in [-0.39, 0.29) is 23.9 Å². The zero-order chi connectivity index (χ0) is 21.2. The van der Waals surface area contributed by atoms with Crippen LogP contribution in [-0.2, 0) is 9.59 Å². The van der Waals surface area contributed by atoms with Gasteiger partial charge in [0.2, 0.25) is 5.91 Å². The fourth-order valence-corrected chi connectivity index (χ4v) is 6.70. The minimum absolute atomic E-state index is 0.129. The summed E-state index contributed by atoms with van der Waals surface area (Å²) in [5, 5.41) is 23.9. The normalized spacial score (nSPS) is 26.1. The molecule has 2 aliphatic rings. The number of likely N-dealkylation sites (N-methyl/N-ethyl adjacent to an activating group) is 1. The first kappa shape index (κ1) is 22.1. The summed E-state index contributed by atoms with van der Waals surface area (Å²) in [6.45, 7) is 3.15. The maximum atomic E-state index is 12.5. The molecule has 29 heavy (non-hydrogen) atoms. The van der Waals surface area contributed by atoms with E-state index in [2.05, 4.69) is 20.8 Å². The molecule has 3 heterocycles. The number of amides is 3. The van der Waals surface area contributed by atoms with Crippen LogP contribution in [0.5, 0.6) is 0 Å². The fourth-order valence-electron chi connectivity index (χ4n) is 3.03. The molecule has 10 nitrogen and oxygen atoms in total. The highest BCUT2D eigenvalue weighted by molar-refractivity contribution is 8.01. The Balaban J connectivity index is 1.55. The van der Waals surface area contributed by atoms with Gasteiger partial charge >= 0.3 is 12.0 Å². The molecule has 0 bridgehead atoms. The number of aromatic nitrogens is 2. The van der Waals surface area contributed by atoms with Gasteiger partial charge in [0.15, 0.2) is 4.34 Å². The zero-order valence-corrected chi connectivity index (χ0v) is 18.8. The van der Waals surface area contributed by atoms with Crippen molar-refractivity contribution in [3.05, 3.63) is 5.01 Å². The van der Waals surface area contributed by atoms with Crippen molar-refractivity contribution in [3.8, 4) is 0 Å². The fraction of sp³-hybridized carbons (Fsp3) is 0.688. The maximum absolute atomic E-state index is 12.5. The number of carboxylic acids is 1. The summed E-state index contributed by atoms with van der Waals surface area (Å²) in [5.41, 5.74) is -1.06. The van der Waals surface area contributed by atoms with Crippen LogP contribution in [0, 0.1) is 12.3 Å². The topological polar surface area (TPSA) is 128 Å². The molecule has 3 amide bonds. The van der Waals surface area contributed by atoms with Crippen molar-refractivity contribution in [1.82, 2.24) is 30.6 Å². The Morgan fingerprint density at radius 1 is 1.41 bits per heavy atom. The number of rotatable bonds is 8. The van der Waals surface area contributed by atoms with Gasteiger partial charge in [-0.15, -0.1) is 22.0 Å². The van der Waals surface area contributed by atoms with Crippen molar-refractivity contribution in [1.29, 1.82) is 0 Å². The van der Waals surface area contributed by atoms with Crippen molar-refractivity contribution in [3.63, 3.8) is 0 Å². The highest BCUT2D eigenvalue weighted by atomic mass is 32.2. The summed E-state index contributed by atoms with van der Waals surface area (Å²) in [4.78, 5) is 40.1. The van der Waals surface area contributed by atoms with Crippen LogP contribution >= 0.6 is 34.9 Å². The van der Waals surface area contributed by atoms with Crippen molar-refractivity contribution in [2.75, 3.05) is 45.2 Å². The van der Waals surface area contributed by atoms with Crippen molar-refractivity contribution in [2.24, 2.45) is 5.41 Å². The standard InChI is InChI=1S/C16H24N6O4S3/c1-9-19-20-15(29-9)28-8-16(13(24)25)6-22-11(23)10(12(22)27-7-16)18-14(26)17-4-5-21(2)3/h10,12H,4-8H2,1-3H3,(H,24,25)(H2,17,18,26)/t10?,12-,16?/m1/s1. The minimum Gasteiger partial charge on any atom is -0.481 e. The van der Waals surface area contributed by atoms with Gasteiger partial charge in [-0.3, -0.25) is 9.59 Å². The lowest BCUT2D eigenvalue weighted by molar-refractivity contribution is -0.156. The molecule has 0 spiro atoms. The van der Waals surface area contributed by atoms with E-state index in [0.29, 0.717) is 24.6 Å². The molecular formula is C16H24N6O4S3. The molecule has 13 heteroatoms. The first-order valence-electron chi connectivity index (χ1n) is 8.99. The third kappa shape index (κ3) is 4.95. The Morgan fingerprint density at radius 2 is 2.17 bits per heavy atom. The first-order valence-corrected chi connectivity index (χ1v) is 11.8. The Kier molecular flexibility index (Phi) is 6.91. The van der Waals surface area contributed by atoms with Gasteiger partial charge in [-0.05, 0) is 21.0 Å². The summed E-state index contributed by atoms with van der Waals surface area (Å²) in [6.07, 6.45) is 0. The average Bonchev–Trinajstić information content (AvgIpc) is 3.09. The van der Waals surface area contributed by atoms with E-state index in [0.717, 1.165) is 9.35 Å². The first-order chi connectivity index (χ1) is 13.7. The number of carbonyl (C=O) groups is 3. The quantitative estimate of drug-likeness (QED) is 0.367. The summed E-state index contributed by atoms with van der Waals surface area (Å²) in [6, 6.07) is -1.01. The molecule has 2 saturated heterocycles. The highest BCUT2D eigenvalue weighted by Gasteiger charge is 2.57. The Morgan fingerprint density at radius 3 is 2.79 bits per heavy atom. The van der Waals surface area contributed by atoms with Gasteiger partial charge < -0.3 is 25.5 Å². The molecule has 3 atom stereocenters. The number of β-lactam (4-membered cyclic amide) rings is 1. The molecule has 0 radical (unpaired) electrons. The maximum Gasteiger partial charge on any atom is 0.315 e. The lowest BCUT2D eigenvalue weighted by Crippen LogP contribution is -2.74. The van der Waals surface area contributed by atoms with Crippen molar-refractivity contribution in [2.45, 2.75) is 22.7 Å². The number of fused-ring (bicyclic) bond motifs is 1. The predicted molar refractivity (Wildman–Crippen MR) is 112 cm³/mol. The Bertz CT molecular complexity index is 790. The van der Waals surface area contributed by atoms with Crippen LogP contribution < -0.4 is 10.6 Å². The van der Waals surface area contributed by atoms with Crippen LogP contribution in [0.3, 0.4) is 0 Å². The number of hydrogen-bond donors (Lipinski definition) is 3. The van der Waals surface area contributed by atoms with Crippen LogP contribution in [0.2, 0.25) is 0 Å². The molecule has 3 rings (SSSR count). The smallest absolute Gasteiger partial charge is 0.315 e. The monoisotopic (exact) mass is 460 g/mol. The number of thioether (sulfide) groups is 2. The molecule has 0 aliphatic carbocycles. The molecule has 160 valence electrons. The van der Waals surface area contributed by atoms with E-state index in [1.54, 1.807) is 4.90 Å². The molecule has 1 aromatic rings. The number of aliphatic carboxylic acids is 1. The molecule has 3 N–H and O–H groups in total. The number of aryl methyl sites for hydroxylation is 1. The zero-order valence-electron chi connectivity index (χ0n) is 16.4. The largest absolute Gasteiger partial charge is 0.481 e. The van der Waals surface area contributed by atoms with E-state index in [4.69, 9.17) is 0 Å². The Hall–Kier alpha value is -1.57. The van der Waals surface area contributed by atoms with Crippen LogP contribution in [0.4, 0.5) is 4.79 Å². The summed E-state index contributed by atoms with van der Waals surface area (Å²) in [5.74, 6) is -0.499. The van der Waals surface area contributed by atoms with E-state index < -0.39 is 17.4 Å². The third-order valence-electron chi connectivity index (χ3n) is 4.71. The molecular weight excluding hydrogens is 436 g/mol. The molecule has 2 aliphatic heterocycles. The summed E-state index contributed by atoms with van der Waals surface area (Å²) >= 11 is 4.18. The SMILES string of the molecule is Cc1nnc(SCC2(C(=O)O)CS[C@@H]3C(NC(=O)NCCN(C)C)C(=O)N3C2)s1. The highest BCUT2D eigenvalue weighted by Crippen LogP contribution is 2.44. The number of nitrogens with zero attached hydrogens (tertiary/aromatic N) is 4. The number of carbonyl (C=O) groups excluding carboxylic acids is 2. The van der Waals surface area contributed by atoms with Gasteiger partial charge in [0, 0.05) is 31.1 Å². The van der Waals surface area contributed by atoms with Gasteiger partial charge in [-0.2, -0.15) is 0 Å². The molecule has 0 saturated carbocycles. The van der Waals surface area contributed by atoms with Gasteiger partial charge in [0.05, 0.1) is 0 Å². The van der Waals surface area contributed by atoms with Gasteiger partial charge in [0.25, 0.3) is 0 Å². The number of nitrogens with one attached hydrogen (secondary N) is 2. The molecule has 1 aromatic heterocycles. The van der Waals surface area contributed by atoms with Crippen molar-refractivity contribution < 1.29 is 19.5 Å². The summed E-state index contributed by atoms with van der Waals surface area (Å²) < 4.78 is 0.721. The summed E-state index contributed by atoms with van der Waals surface area (Å²) in [7, 11) is 3.82. The number of hydrogen-bond acceptors (Lipinski definition) is 9. The van der Waals surface area contributed by atoms with E-state index >= 15 is 0 Å². The lowest BCUT2D eigenvalue weighted by atomic mass is 9.89. The number of urea groups is 1. The molecule has 2 unspecified atom stereocenters. The van der Waals surface area contributed by atoms with Crippen LogP contribution in [0.15, 0.2) is 4.34 Å². The van der Waals surface area contributed by atoms with E-state index in [9.17, 15) is 19.5 Å². The average molecular weight is 461 g/mol.